The van der Waals surface area contributed by atoms with Crippen molar-refractivity contribution < 1.29 is 9.90 Å². The molecule has 80 valence electrons. The Labute approximate surface area is 86.0 Å². The van der Waals surface area contributed by atoms with Crippen LogP contribution in [0, 0.1) is 16.7 Å². The van der Waals surface area contributed by atoms with E-state index in [0.29, 0.717) is 5.92 Å². The van der Waals surface area contributed by atoms with Gasteiger partial charge in [0.1, 0.15) is 0 Å². The summed E-state index contributed by atoms with van der Waals surface area (Å²) in [6.45, 7) is 8.88. The zero-order valence-electron chi connectivity index (χ0n) is 9.50. The molecule has 0 bridgehead atoms. The van der Waals surface area contributed by atoms with E-state index < -0.39 is 5.97 Å². The molecule has 0 heterocycles. The van der Waals surface area contributed by atoms with Gasteiger partial charge in [-0.15, -0.1) is 0 Å². The molecule has 14 heavy (non-hydrogen) atoms. The quantitative estimate of drug-likeness (QED) is 0.689. The molecule has 1 rings (SSSR count). The van der Waals surface area contributed by atoms with E-state index in [2.05, 4.69) is 27.7 Å². The fourth-order valence-corrected chi connectivity index (χ4v) is 2.32. The maximum atomic E-state index is 10.5. The van der Waals surface area contributed by atoms with Crippen molar-refractivity contribution in [2.24, 2.45) is 16.7 Å². The fraction of sp³-hybridized carbons (Fsp3) is 0.750. The van der Waals surface area contributed by atoms with Gasteiger partial charge < -0.3 is 5.11 Å². The van der Waals surface area contributed by atoms with Crippen LogP contribution in [0.25, 0.3) is 0 Å². The van der Waals surface area contributed by atoms with Crippen LogP contribution < -0.4 is 0 Å². The Morgan fingerprint density at radius 2 is 2.00 bits per heavy atom. The number of rotatable bonds is 2. The number of carboxylic acids is 1. The fourth-order valence-electron chi connectivity index (χ4n) is 2.32. The van der Waals surface area contributed by atoms with Gasteiger partial charge in [-0.1, -0.05) is 33.8 Å². The molecule has 1 N–H and O–H groups in total. The van der Waals surface area contributed by atoms with Gasteiger partial charge in [0.05, 0.1) is 0 Å². The van der Waals surface area contributed by atoms with Gasteiger partial charge in [0, 0.05) is 6.08 Å². The van der Waals surface area contributed by atoms with Gasteiger partial charge in [-0.25, -0.2) is 4.79 Å². The van der Waals surface area contributed by atoms with Gasteiger partial charge in [0.15, 0.2) is 0 Å². The summed E-state index contributed by atoms with van der Waals surface area (Å²) in [7, 11) is 0. The van der Waals surface area contributed by atoms with Gasteiger partial charge in [0.25, 0.3) is 0 Å². The Morgan fingerprint density at radius 1 is 1.43 bits per heavy atom. The largest absolute Gasteiger partial charge is 0.478 e. The van der Waals surface area contributed by atoms with Crippen molar-refractivity contribution in [3.63, 3.8) is 0 Å². The lowest BCUT2D eigenvalue weighted by atomic mass is 9.66. The van der Waals surface area contributed by atoms with Gasteiger partial charge in [0.2, 0.25) is 0 Å². The van der Waals surface area contributed by atoms with Crippen LogP contribution in [0.4, 0.5) is 0 Å². The lowest BCUT2D eigenvalue weighted by Gasteiger charge is -2.38. The molecular weight excluding hydrogens is 176 g/mol. The molecule has 1 aliphatic carbocycles. The smallest absolute Gasteiger partial charge is 0.327 e. The molecular formula is C12H20O2. The Hall–Kier alpha value is -0.790. The molecule has 1 fully saturated rings. The van der Waals surface area contributed by atoms with E-state index in [1.807, 2.05) is 6.08 Å². The Morgan fingerprint density at radius 3 is 2.36 bits per heavy atom. The molecule has 0 unspecified atom stereocenters. The summed E-state index contributed by atoms with van der Waals surface area (Å²) in [6.07, 6.45) is 5.44. The van der Waals surface area contributed by atoms with Crippen LogP contribution in [0.2, 0.25) is 0 Å². The van der Waals surface area contributed by atoms with E-state index in [1.54, 1.807) is 0 Å². The predicted octanol–water partition coefficient (Wildman–Crippen LogP) is 3.09. The van der Waals surface area contributed by atoms with Crippen molar-refractivity contribution in [2.75, 3.05) is 0 Å². The second kappa shape index (κ2) is 3.41. The summed E-state index contributed by atoms with van der Waals surface area (Å²) in [6, 6.07) is 0. The van der Waals surface area contributed by atoms with Crippen molar-refractivity contribution in [2.45, 2.75) is 40.5 Å². The van der Waals surface area contributed by atoms with Gasteiger partial charge in [-0.2, -0.15) is 0 Å². The first-order valence-electron chi connectivity index (χ1n) is 5.22. The highest BCUT2D eigenvalue weighted by Crippen LogP contribution is 2.56. The summed E-state index contributed by atoms with van der Waals surface area (Å²) >= 11 is 0. The van der Waals surface area contributed by atoms with E-state index in [1.165, 1.54) is 12.5 Å². The second-order valence-electron chi connectivity index (χ2n) is 5.25. The summed E-state index contributed by atoms with van der Waals surface area (Å²) in [5.41, 5.74) is 0.226. The van der Waals surface area contributed by atoms with E-state index in [-0.39, 0.29) is 10.8 Å². The minimum Gasteiger partial charge on any atom is -0.478 e. The molecule has 0 radical (unpaired) electrons. The van der Waals surface area contributed by atoms with E-state index in [4.69, 9.17) is 5.11 Å². The van der Waals surface area contributed by atoms with Crippen molar-refractivity contribution in [1.29, 1.82) is 0 Å². The van der Waals surface area contributed by atoms with Gasteiger partial charge >= 0.3 is 5.97 Å². The third kappa shape index (κ3) is 1.70. The predicted molar refractivity (Wildman–Crippen MR) is 57.1 cm³/mol. The zero-order valence-corrected chi connectivity index (χ0v) is 9.50. The molecule has 2 heteroatoms. The summed E-state index contributed by atoms with van der Waals surface area (Å²) in [5, 5.41) is 8.64. The summed E-state index contributed by atoms with van der Waals surface area (Å²) in [4.78, 5) is 10.5. The van der Waals surface area contributed by atoms with E-state index in [0.717, 1.165) is 6.42 Å². The minimum atomic E-state index is -0.846. The highest BCUT2D eigenvalue weighted by molar-refractivity contribution is 5.79. The molecule has 1 saturated carbocycles. The molecule has 0 aliphatic heterocycles. The Balaban J connectivity index is 2.90. The number of carboxylic acid groups (broad SMARTS) is 1. The van der Waals surface area contributed by atoms with Crippen LogP contribution in [-0.2, 0) is 4.79 Å². The van der Waals surface area contributed by atoms with E-state index in [9.17, 15) is 4.79 Å². The maximum Gasteiger partial charge on any atom is 0.327 e. The normalized spacial score (nSPS) is 36.4. The molecule has 0 aromatic heterocycles. The lowest BCUT2D eigenvalue weighted by Crippen LogP contribution is -2.31. The summed E-state index contributed by atoms with van der Waals surface area (Å²) in [5.74, 6) is -0.187. The van der Waals surface area contributed by atoms with Gasteiger partial charge in [-0.05, 0) is 29.6 Å². The molecule has 0 aromatic rings. The second-order valence-corrected chi connectivity index (χ2v) is 5.25. The Bertz CT molecular complexity index is 265. The minimum absolute atomic E-state index is 0.0325. The first-order valence-corrected chi connectivity index (χ1v) is 5.22. The standard InChI is InChI=1S/C12H20O2/c1-9-5-7-12(4,11(9,2)3)8-6-10(13)14/h6,8-9H,5,7H2,1-4H3,(H,13,14)/b8-6-/t9-,12+/m0/s1. The van der Waals surface area contributed by atoms with Crippen molar-refractivity contribution in [1.82, 2.24) is 0 Å². The number of hydrogen-bond acceptors (Lipinski definition) is 1. The van der Waals surface area contributed by atoms with Crippen molar-refractivity contribution in [3.05, 3.63) is 12.2 Å². The average Bonchev–Trinajstić information content (AvgIpc) is 2.27. The first kappa shape index (κ1) is 11.3. The molecule has 2 atom stereocenters. The molecule has 2 nitrogen and oxygen atoms in total. The third-order valence-corrected chi connectivity index (χ3v) is 4.39. The van der Waals surface area contributed by atoms with Crippen LogP contribution in [0.5, 0.6) is 0 Å². The number of allylic oxidation sites excluding steroid dienone is 1. The number of carbonyl (C=O) groups is 1. The topological polar surface area (TPSA) is 37.3 Å². The number of hydrogen-bond donors (Lipinski definition) is 1. The van der Waals surface area contributed by atoms with Crippen LogP contribution in [0.15, 0.2) is 12.2 Å². The summed E-state index contributed by atoms with van der Waals surface area (Å²) < 4.78 is 0. The molecule has 0 aromatic carbocycles. The third-order valence-electron chi connectivity index (χ3n) is 4.39. The highest BCUT2D eigenvalue weighted by atomic mass is 16.4. The number of aliphatic carboxylic acids is 1. The van der Waals surface area contributed by atoms with E-state index >= 15 is 0 Å². The molecule has 1 aliphatic rings. The van der Waals surface area contributed by atoms with Crippen LogP contribution in [0.1, 0.15) is 40.5 Å². The van der Waals surface area contributed by atoms with Crippen LogP contribution >= 0.6 is 0 Å². The zero-order chi connectivity index (χ0) is 11.0. The molecule has 0 amide bonds. The maximum absolute atomic E-state index is 10.5. The van der Waals surface area contributed by atoms with Crippen molar-refractivity contribution in [3.8, 4) is 0 Å². The molecule has 0 spiro atoms. The molecule has 0 saturated heterocycles. The van der Waals surface area contributed by atoms with Crippen molar-refractivity contribution >= 4 is 5.97 Å². The van der Waals surface area contributed by atoms with Gasteiger partial charge in [-0.3, -0.25) is 0 Å². The van der Waals surface area contributed by atoms with Crippen LogP contribution in [0.3, 0.4) is 0 Å². The lowest BCUT2D eigenvalue weighted by molar-refractivity contribution is -0.131. The monoisotopic (exact) mass is 196 g/mol. The highest BCUT2D eigenvalue weighted by Gasteiger charge is 2.47. The Kier molecular flexibility index (Phi) is 2.75. The average molecular weight is 196 g/mol. The SMILES string of the molecule is C[C@H]1CC[C@](C)(/C=C\C(=O)O)C1(C)C. The van der Waals surface area contributed by atoms with Crippen LogP contribution in [-0.4, -0.2) is 11.1 Å². The first-order chi connectivity index (χ1) is 6.29.